The summed E-state index contributed by atoms with van der Waals surface area (Å²) in [4.78, 5) is 14.3. The summed E-state index contributed by atoms with van der Waals surface area (Å²) in [6.07, 6.45) is 0.890. The Morgan fingerprint density at radius 1 is 1.23 bits per heavy atom. The molecule has 0 spiro atoms. The van der Waals surface area contributed by atoms with Crippen molar-refractivity contribution in [3.8, 4) is 0 Å². The fourth-order valence-electron chi connectivity index (χ4n) is 2.10. The average molecular weight is 429 g/mol. The number of para-hydroxylation sites is 1. The van der Waals surface area contributed by atoms with Gasteiger partial charge in [0.05, 0.1) is 5.56 Å². The maximum atomic E-state index is 12.1. The molecule has 0 saturated heterocycles. The second-order valence-corrected chi connectivity index (χ2v) is 6.59. The molecule has 0 atom stereocenters. The van der Waals surface area contributed by atoms with Crippen LogP contribution in [0.15, 0.2) is 48.5 Å². The number of benzene rings is 2. The second-order valence-electron chi connectivity index (χ2n) is 4.99. The number of hydrogen-bond acceptors (Lipinski definition) is 2. The van der Waals surface area contributed by atoms with E-state index in [0.29, 0.717) is 17.1 Å². The van der Waals surface area contributed by atoms with Crippen LogP contribution in [0.1, 0.15) is 16.8 Å². The zero-order valence-electron chi connectivity index (χ0n) is 12.4. The molecule has 0 unspecified atom stereocenters. The van der Waals surface area contributed by atoms with E-state index in [2.05, 4.69) is 52.0 Å². The number of nitrogens with zero attached hydrogens (tertiary/aromatic N) is 1. The second kappa shape index (κ2) is 8.39. The number of halogens is 2. The van der Waals surface area contributed by atoms with E-state index in [4.69, 9.17) is 11.6 Å². The molecule has 0 aliphatic carbocycles. The number of anilines is 1. The van der Waals surface area contributed by atoms with Gasteiger partial charge < -0.3 is 10.2 Å². The van der Waals surface area contributed by atoms with Gasteiger partial charge in [0.1, 0.15) is 0 Å². The van der Waals surface area contributed by atoms with Gasteiger partial charge in [-0.05, 0) is 59.3 Å². The molecule has 5 heteroatoms. The zero-order chi connectivity index (χ0) is 15.9. The third kappa shape index (κ3) is 4.88. The molecule has 3 nitrogen and oxygen atoms in total. The molecule has 1 N–H and O–H groups in total. The Balaban J connectivity index is 1.78. The maximum absolute atomic E-state index is 12.1. The van der Waals surface area contributed by atoms with Crippen LogP contribution in [-0.4, -0.2) is 26.0 Å². The largest absolute Gasteiger partial charge is 0.375 e. The summed E-state index contributed by atoms with van der Waals surface area (Å²) in [5.74, 6) is -0.0524. The van der Waals surface area contributed by atoms with Crippen molar-refractivity contribution >= 4 is 45.8 Å². The molecule has 0 heterocycles. The maximum Gasteiger partial charge on any atom is 0.252 e. The lowest BCUT2D eigenvalue weighted by Gasteiger charge is -2.19. The van der Waals surface area contributed by atoms with Crippen molar-refractivity contribution in [2.75, 3.05) is 25.0 Å². The zero-order valence-corrected chi connectivity index (χ0v) is 15.3. The summed E-state index contributed by atoms with van der Waals surface area (Å²) >= 11 is 8.03. The van der Waals surface area contributed by atoms with Crippen molar-refractivity contribution in [3.63, 3.8) is 0 Å². The van der Waals surface area contributed by atoms with E-state index < -0.39 is 0 Å². The smallest absolute Gasteiger partial charge is 0.252 e. The predicted octanol–water partition coefficient (Wildman–Crippen LogP) is 4.20. The lowest BCUT2D eigenvalue weighted by atomic mass is 10.2. The lowest BCUT2D eigenvalue weighted by Crippen LogP contribution is -2.28. The van der Waals surface area contributed by atoms with Gasteiger partial charge in [0.15, 0.2) is 0 Å². The molecular formula is C17H18ClIN2O. The first-order valence-corrected chi connectivity index (χ1v) is 8.53. The Morgan fingerprint density at radius 3 is 2.64 bits per heavy atom. The van der Waals surface area contributed by atoms with E-state index in [1.165, 1.54) is 5.69 Å². The molecule has 2 aromatic rings. The van der Waals surface area contributed by atoms with Crippen molar-refractivity contribution < 1.29 is 4.79 Å². The number of carbonyl (C=O) groups is 1. The van der Waals surface area contributed by atoms with E-state index in [9.17, 15) is 4.79 Å². The van der Waals surface area contributed by atoms with E-state index in [1.807, 2.05) is 18.2 Å². The molecule has 2 rings (SSSR count). The first-order valence-electron chi connectivity index (χ1n) is 7.07. The van der Waals surface area contributed by atoms with Gasteiger partial charge in [0.2, 0.25) is 0 Å². The lowest BCUT2D eigenvalue weighted by molar-refractivity contribution is 0.0952. The molecule has 1 amide bonds. The first kappa shape index (κ1) is 17.1. The average Bonchev–Trinajstić information content (AvgIpc) is 2.52. The molecule has 116 valence electrons. The van der Waals surface area contributed by atoms with Gasteiger partial charge in [-0.25, -0.2) is 0 Å². The molecule has 0 saturated carbocycles. The van der Waals surface area contributed by atoms with Crippen molar-refractivity contribution in [2.24, 2.45) is 0 Å². The Kier molecular flexibility index (Phi) is 6.51. The van der Waals surface area contributed by atoms with Crippen LogP contribution in [0.4, 0.5) is 5.69 Å². The number of hydrogen-bond donors (Lipinski definition) is 1. The number of carbonyl (C=O) groups excluding carboxylic acids is 1. The summed E-state index contributed by atoms with van der Waals surface area (Å²) < 4.78 is 0.865. The Hall–Kier alpha value is -1.27. The summed E-state index contributed by atoms with van der Waals surface area (Å²) in [5, 5.41) is 3.60. The minimum Gasteiger partial charge on any atom is -0.375 e. The summed E-state index contributed by atoms with van der Waals surface area (Å²) in [7, 11) is 2.05. The minimum absolute atomic E-state index is 0.0524. The molecule has 0 aliphatic heterocycles. The predicted molar refractivity (Wildman–Crippen MR) is 101 cm³/mol. The van der Waals surface area contributed by atoms with Crippen LogP contribution in [0, 0.1) is 3.57 Å². The fourth-order valence-corrected chi connectivity index (χ4v) is 3.21. The molecule has 0 bridgehead atoms. The van der Waals surface area contributed by atoms with Crippen LogP contribution < -0.4 is 10.2 Å². The van der Waals surface area contributed by atoms with Crippen molar-refractivity contribution in [3.05, 3.63) is 62.7 Å². The standard InChI is InChI=1S/C17H18ClIN2O/c1-21(14-6-3-2-4-7-14)11-5-10-20-17(22)15-9-8-13(18)12-16(15)19/h2-4,6-9,12H,5,10-11H2,1H3,(H,20,22). The summed E-state index contributed by atoms with van der Waals surface area (Å²) in [6.45, 7) is 1.54. The molecular weight excluding hydrogens is 411 g/mol. The van der Waals surface area contributed by atoms with Crippen LogP contribution in [0.5, 0.6) is 0 Å². The van der Waals surface area contributed by atoms with E-state index in [-0.39, 0.29) is 5.91 Å². The highest BCUT2D eigenvalue weighted by atomic mass is 127. The molecule has 2 aromatic carbocycles. The van der Waals surface area contributed by atoms with Crippen molar-refractivity contribution in [1.29, 1.82) is 0 Å². The van der Waals surface area contributed by atoms with Crippen LogP contribution in [0.2, 0.25) is 5.02 Å². The van der Waals surface area contributed by atoms with Gasteiger partial charge in [-0.2, -0.15) is 0 Å². The number of amides is 1. The van der Waals surface area contributed by atoms with Gasteiger partial charge in [-0.15, -0.1) is 0 Å². The molecule has 0 radical (unpaired) electrons. The highest BCUT2D eigenvalue weighted by molar-refractivity contribution is 14.1. The molecule has 22 heavy (non-hydrogen) atoms. The van der Waals surface area contributed by atoms with Gasteiger partial charge in [0, 0.05) is 34.4 Å². The fraction of sp³-hybridized carbons (Fsp3) is 0.235. The van der Waals surface area contributed by atoms with Crippen LogP contribution in [0.3, 0.4) is 0 Å². The Labute approximate surface area is 149 Å². The van der Waals surface area contributed by atoms with Gasteiger partial charge in [-0.3, -0.25) is 4.79 Å². The van der Waals surface area contributed by atoms with Crippen LogP contribution in [0.25, 0.3) is 0 Å². The third-order valence-corrected chi connectivity index (χ3v) is 4.46. The number of nitrogens with one attached hydrogen (secondary N) is 1. The van der Waals surface area contributed by atoms with Crippen LogP contribution >= 0.6 is 34.2 Å². The summed E-state index contributed by atoms with van der Waals surface area (Å²) in [6, 6.07) is 15.5. The first-order chi connectivity index (χ1) is 10.6. The van der Waals surface area contributed by atoms with E-state index in [0.717, 1.165) is 16.5 Å². The van der Waals surface area contributed by atoms with Gasteiger partial charge >= 0.3 is 0 Å². The van der Waals surface area contributed by atoms with Gasteiger partial charge in [0.25, 0.3) is 5.91 Å². The Morgan fingerprint density at radius 2 is 1.95 bits per heavy atom. The monoisotopic (exact) mass is 428 g/mol. The Bertz CT molecular complexity index is 634. The van der Waals surface area contributed by atoms with E-state index in [1.54, 1.807) is 18.2 Å². The highest BCUT2D eigenvalue weighted by Gasteiger charge is 2.09. The quantitative estimate of drug-likeness (QED) is 0.552. The molecule has 0 aliphatic rings. The third-order valence-electron chi connectivity index (χ3n) is 3.33. The normalized spacial score (nSPS) is 10.3. The minimum atomic E-state index is -0.0524. The van der Waals surface area contributed by atoms with Crippen molar-refractivity contribution in [2.45, 2.75) is 6.42 Å². The van der Waals surface area contributed by atoms with Crippen molar-refractivity contribution in [1.82, 2.24) is 5.32 Å². The number of rotatable bonds is 6. The van der Waals surface area contributed by atoms with E-state index >= 15 is 0 Å². The molecule has 0 aromatic heterocycles. The highest BCUT2D eigenvalue weighted by Crippen LogP contribution is 2.18. The van der Waals surface area contributed by atoms with Crippen LogP contribution in [-0.2, 0) is 0 Å². The molecule has 0 fully saturated rings. The topological polar surface area (TPSA) is 32.3 Å². The van der Waals surface area contributed by atoms with Gasteiger partial charge in [-0.1, -0.05) is 29.8 Å². The SMILES string of the molecule is CN(CCCNC(=O)c1ccc(Cl)cc1I)c1ccccc1. The summed E-state index contributed by atoms with van der Waals surface area (Å²) in [5.41, 5.74) is 1.85.